The lowest BCUT2D eigenvalue weighted by molar-refractivity contribution is -0.0168. The van der Waals surface area contributed by atoms with Crippen LogP contribution in [-0.2, 0) is 6.54 Å². The summed E-state index contributed by atoms with van der Waals surface area (Å²) in [7, 11) is 0. The van der Waals surface area contributed by atoms with Crippen LogP contribution in [0.3, 0.4) is 0 Å². The maximum atomic E-state index is 14.0. The number of aromatic nitrogens is 1. The van der Waals surface area contributed by atoms with Gasteiger partial charge in [-0.1, -0.05) is 24.3 Å². The molecule has 7 heteroatoms. The lowest BCUT2D eigenvalue weighted by Gasteiger charge is -2.56. The zero-order valence-corrected chi connectivity index (χ0v) is 22.3. The number of halogens is 1. The number of benzene rings is 3. The number of amides is 1. The van der Waals surface area contributed by atoms with E-state index in [1.807, 2.05) is 53.1 Å². The zero-order valence-electron chi connectivity index (χ0n) is 22.3. The van der Waals surface area contributed by atoms with Crippen LogP contribution in [0.25, 0.3) is 10.9 Å². The fourth-order valence-corrected chi connectivity index (χ4v) is 7.83. The van der Waals surface area contributed by atoms with E-state index in [0.717, 1.165) is 53.5 Å². The van der Waals surface area contributed by atoms with E-state index in [-0.39, 0.29) is 23.1 Å². The fraction of sp³-hybridized carbons (Fsp3) is 0.333. The molecule has 0 radical (unpaired) electrons. The maximum Gasteiger partial charge on any atom is 0.268 e. The van der Waals surface area contributed by atoms with Gasteiger partial charge in [-0.05, 0) is 110 Å². The first kappa shape index (κ1) is 24.9. The van der Waals surface area contributed by atoms with Gasteiger partial charge in [-0.3, -0.25) is 10.2 Å². The van der Waals surface area contributed by atoms with Crippen molar-refractivity contribution in [1.82, 2.24) is 9.88 Å². The molecule has 0 atom stereocenters. The lowest BCUT2D eigenvalue weighted by Crippen LogP contribution is -2.60. The predicted octanol–water partition coefficient (Wildman–Crippen LogP) is 6.60. The number of hydrogen-bond acceptors (Lipinski definition) is 3. The van der Waals surface area contributed by atoms with E-state index in [1.165, 1.54) is 31.4 Å². The molecule has 6 nitrogen and oxygen atoms in total. The molecule has 4 bridgehead atoms. The number of nitrogens with two attached hydrogens (primary N) is 1. The monoisotopic (exact) mass is 536 g/mol. The van der Waals surface area contributed by atoms with Crippen LogP contribution in [0.2, 0.25) is 0 Å². The van der Waals surface area contributed by atoms with Gasteiger partial charge >= 0.3 is 0 Å². The molecule has 40 heavy (non-hydrogen) atoms. The Bertz CT molecular complexity index is 1570. The first-order chi connectivity index (χ1) is 19.3. The van der Waals surface area contributed by atoms with E-state index >= 15 is 0 Å². The molecule has 0 unspecified atom stereocenters. The van der Waals surface area contributed by atoms with Gasteiger partial charge in [0.25, 0.3) is 5.91 Å². The van der Waals surface area contributed by atoms with Gasteiger partial charge in [0.05, 0.1) is 0 Å². The van der Waals surface area contributed by atoms with Crippen molar-refractivity contribution in [2.24, 2.45) is 23.5 Å². The van der Waals surface area contributed by atoms with Gasteiger partial charge in [0, 0.05) is 28.6 Å². The molecule has 4 fully saturated rings. The van der Waals surface area contributed by atoms with Gasteiger partial charge in [-0.25, -0.2) is 4.39 Å². The Morgan fingerprint density at radius 3 is 2.12 bits per heavy atom. The molecule has 4 aliphatic rings. The SMILES string of the molecule is N=C(N)c1ccc2cc(C(=O)NC34CC5CC(CC(C5)C3)C4)n(Cc3ccc(Oc4ccc(F)cc4)cc3)c2c1. The van der Waals surface area contributed by atoms with E-state index in [4.69, 9.17) is 15.9 Å². The lowest BCUT2D eigenvalue weighted by atomic mass is 9.53. The van der Waals surface area contributed by atoms with Crippen molar-refractivity contribution in [3.8, 4) is 11.5 Å². The standard InChI is InChI=1S/C33H33FN4O2/c34-26-5-9-28(10-6-26)40-27-7-1-20(2-8-27)19-38-29-15-25(31(35)36)4-3-24(29)14-30(38)32(39)37-33-16-21-11-22(17-33)13-23(12-21)18-33/h1-10,14-15,21-23H,11-13,16-19H2,(H3,35,36)(H,37,39). The van der Waals surface area contributed by atoms with Crippen molar-refractivity contribution in [3.63, 3.8) is 0 Å². The number of fused-ring (bicyclic) bond motifs is 1. The van der Waals surface area contributed by atoms with Crippen LogP contribution in [-0.4, -0.2) is 21.8 Å². The minimum atomic E-state index is -0.308. The van der Waals surface area contributed by atoms with E-state index in [1.54, 1.807) is 12.1 Å². The number of carbonyl (C=O) groups is 1. The Morgan fingerprint density at radius 2 is 1.52 bits per heavy atom. The zero-order chi connectivity index (χ0) is 27.4. The summed E-state index contributed by atoms with van der Waals surface area (Å²) in [5.74, 6) is 3.09. The first-order valence-corrected chi connectivity index (χ1v) is 14.2. The van der Waals surface area contributed by atoms with Crippen LogP contribution in [0.15, 0.2) is 72.8 Å². The Labute approximate surface area is 232 Å². The smallest absolute Gasteiger partial charge is 0.268 e. The second-order valence-electron chi connectivity index (χ2n) is 12.2. The van der Waals surface area contributed by atoms with Crippen LogP contribution in [0.4, 0.5) is 4.39 Å². The third-order valence-corrected chi connectivity index (χ3v) is 9.18. The molecule has 1 amide bonds. The van der Waals surface area contributed by atoms with Crippen LogP contribution in [0, 0.1) is 29.0 Å². The third kappa shape index (κ3) is 4.63. The maximum absolute atomic E-state index is 14.0. The molecule has 1 heterocycles. The number of nitrogen functional groups attached to an aromatic ring is 1. The molecule has 0 saturated heterocycles. The third-order valence-electron chi connectivity index (χ3n) is 9.18. The number of amidine groups is 1. The highest BCUT2D eigenvalue weighted by Gasteiger charge is 2.51. The van der Waals surface area contributed by atoms with E-state index < -0.39 is 0 Å². The molecular weight excluding hydrogens is 503 g/mol. The normalized spacial score (nSPS) is 24.8. The largest absolute Gasteiger partial charge is 0.457 e. The number of ether oxygens (including phenoxy) is 1. The Kier molecular flexibility index (Phi) is 5.91. The molecule has 0 spiro atoms. The van der Waals surface area contributed by atoms with Gasteiger partial charge in [0.2, 0.25) is 0 Å². The molecule has 8 rings (SSSR count). The highest BCUT2D eigenvalue weighted by Crippen LogP contribution is 2.55. The number of nitrogens with one attached hydrogen (secondary N) is 2. The molecule has 204 valence electrons. The molecule has 1 aromatic heterocycles. The van der Waals surface area contributed by atoms with E-state index in [0.29, 0.717) is 29.3 Å². The molecule has 0 aliphatic heterocycles. The Morgan fingerprint density at radius 1 is 0.925 bits per heavy atom. The number of rotatable bonds is 7. The number of nitrogens with zero attached hydrogens (tertiary/aromatic N) is 1. The van der Waals surface area contributed by atoms with Gasteiger partial charge in [0.1, 0.15) is 28.8 Å². The summed E-state index contributed by atoms with van der Waals surface area (Å²) in [4.78, 5) is 14.0. The molecule has 4 N–H and O–H groups in total. The predicted molar refractivity (Wildman–Crippen MR) is 153 cm³/mol. The molecule has 3 aromatic carbocycles. The van der Waals surface area contributed by atoms with Crippen LogP contribution in [0.1, 0.15) is 60.1 Å². The van der Waals surface area contributed by atoms with Crippen molar-refractivity contribution in [3.05, 3.63) is 95.4 Å². The minimum Gasteiger partial charge on any atom is -0.457 e. The van der Waals surface area contributed by atoms with Crippen molar-refractivity contribution in [1.29, 1.82) is 5.41 Å². The second kappa shape index (κ2) is 9.51. The van der Waals surface area contributed by atoms with Gasteiger partial charge in [-0.2, -0.15) is 0 Å². The number of carbonyl (C=O) groups excluding carboxylic acids is 1. The van der Waals surface area contributed by atoms with Gasteiger partial charge in [-0.15, -0.1) is 0 Å². The van der Waals surface area contributed by atoms with Crippen molar-refractivity contribution in [2.75, 3.05) is 0 Å². The molecule has 4 saturated carbocycles. The van der Waals surface area contributed by atoms with E-state index in [9.17, 15) is 9.18 Å². The quantitative estimate of drug-likeness (QED) is 0.183. The summed E-state index contributed by atoms with van der Waals surface area (Å²) in [5.41, 5.74) is 8.85. The van der Waals surface area contributed by atoms with Crippen LogP contribution < -0.4 is 15.8 Å². The summed E-state index contributed by atoms with van der Waals surface area (Å²) in [6, 6.07) is 21.2. The molecule has 4 aromatic rings. The van der Waals surface area contributed by atoms with Crippen molar-refractivity contribution < 1.29 is 13.9 Å². The highest BCUT2D eigenvalue weighted by molar-refractivity contribution is 6.02. The van der Waals surface area contributed by atoms with Gasteiger partial charge < -0.3 is 20.4 Å². The average Bonchev–Trinajstić information content (AvgIpc) is 3.28. The van der Waals surface area contributed by atoms with Gasteiger partial charge in [0.15, 0.2) is 0 Å². The summed E-state index contributed by atoms with van der Waals surface area (Å²) < 4.78 is 21.1. The molecular formula is C33H33FN4O2. The van der Waals surface area contributed by atoms with Crippen LogP contribution >= 0.6 is 0 Å². The Balaban J connectivity index is 1.19. The molecule has 4 aliphatic carbocycles. The van der Waals surface area contributed by atoms with Crippen molar-refractivity contribution >= 4 is 22.6 Å². The second-order valence-corrected chi connectivity index (χ2v) is 12.2. The minimum absolute atomic E-state index is 0.00323. The summed E-state index contributed by atoms with van der Waals surface area (Å²) in [5, 5.41) is 12.4. The van der Waals surface area contributed by atoms with Crippen molar-refractivity contribution in [2.45, 2.75) is 50.6 Å². The van der Waals surface area contributed by atoms with Crippen LogP contribution in [0.5, 0.6) is 11.5 Å². The summed E-state index contributed by atoms with van der Waals surface area (Å²) in [6.45, 7) is 0.477. The summed E-state index contributed by atoms with van der Waals surface area (Å²) in [6.07, 6.45) is 7.25. The van der Waals surface area contributed by atoms with E-state index in [2.05, 4.69) is 5.32 Å². The topological polar surface area (TPSA) is 93.1 Å². The average molecular weight is 537 g/mol. The Hall–Kier alpha value is -4.13. The number of hydrogen-bond donors (Lipinski definition) is 3. The summed E-state index contributed by atoms with van der Waals surface area (Å²) >= 11 is 0. The highest BCUT2D eigenvalue weighted by atomic mass is 19.1. The first-order valence-electron chi connectivity index (χ1n) is 14.2. The fourth-order valence-electron chi connectivity index (χ4n) is 7.83.